The Morgan fingerprint density at radius 2 is 1.81 bits per heavy atom. The van der Waals surface area contributed by atoms with Gasteiger partial charge in [-0.05, 0) is 45.0 Å². The van der Waals surface area contributed by atoms with Gasteiger partial charge in [-0.2, -0.15) is 0 Å². The molecule has 2 aromatic rings. The minimum Gasteiger partial charge on any atom is -0.444 e. The third-order valence-electron chi connectivity index (χ3n) is 6.19. The number of carbonyl (C=O) groups excluding carboxylic acids is 3. The van der Waals surface area contributed by atoms with E-state index in [1.165, 1.54) is 18.7 Å². The number of thioether (sulfide) groups is 1. The van der Waals surface area contributed by atoms with E-state index < -0.39 is 22.6 Å². The number of hydrogen-bond acceptors (Lipinski definition) is 7. The topological polar surface area (TPSA) is 113 Å². The zero-order valence-electron chi connectivity index (χ0n) is 21.1. The maximum absolute atomic E-state index is 13.1. The Balaban J connectivity index is 1.75. The van der Waals surface area contributed by atoms with Gasteiger partial charge in [0.2, 0.25) is 5.91 Å². The lowest BCUT2D eigenvalue weighted by Gasteiger charge is -2.42. The number of anilines is 1. The third-order valence-corrected chi connectivity index (χ3v) is 7.44. The average molecular weight is 510 g/mol. The standard InChI is InChI=1S/C26H31N5O4S/c1-17(32)28-19-11-12-27-20(13-19)26-15-31(23(34)35-24(2,3)4)14-25(26,5)16-36-22(30-26)29-21(33)18-9-7-6-8-10-18/h6-13H,14-16H2,1-5H3,(H,27,28,32)(H,29,30,33)/t25-,26+/m0/s1. The summed E-state index contributed by atoms with van der Waals surface area (Å²) in [6, 6.07) is 12.4. The molecule has 1 fully saturated rings. The van der Waals surface area contributed by atoms with E-state index in [2.05, 4.69) is 22.5 Å². The lowest BCUT2D eigenvalue weighted by Crippen LogP contribution is -2.49. The molecule has 10 heteroatoms. The summed E-state index contributed by atoms with van der Waals surface area (Å²) < 4.78 is 5.66. The summed E-state index contributed by atoms with van der Waals surface area (Å²) in [7, 11) is 0. The Morgan fingerprint density at radius 1 is 1.08 bits per heavy atom. The highest BCUT2D eigenvalue weighted by atomic mass is 32.2. The molecule has 3 heterocycles. The molecule has 1 saturated heterocycles. The fourth-order valence-corrected chi connectivity index (χ4v) is 5.68. The number of ether oxygens (including phenoxy) is 1. The first-order valence-corrected chi connectivity index (χ1v) is 12.7. The van der Waals surface area contributed by atoms with Crippen LogP contribution in [0.3, 0.4) is 0 Å². The van der Waals surface area contributed by atoms with Gasteiger partial charge in [-0.1, -0.05) is 36.9 Å². The maximum atomic E-state index is 13.1. The maximum Gasteiger partial charge on any atom is 0.410 e. The zero-order chi connectivity index (χ0) is 26.1. The molecule has 0 unspecified atom stereocenters. The van der Waals surface area contributed by atoms with Gasteiger partial charge in [0.1, 0.15) is 11.1 Å². The second kappa shape index (κ2) is 9.57. The van der Waals surface area contributed by atoms with E-state index in [4.69, 9.17) is 9.73 Å². The summed E-state index contributed by atoms with van der Waals surface area (Å²) >= 11 is 1.44. The minimum absolute atomic E-state index is 0.201. The van der Waals surface area contributed by atoms with Crippen LogP contribution in [0.1, 0.15) is 50.7 Å². The summed E-state index contributed by atoms with van der Waals surface area (Å²) in [6.45, 7) is 9.62. The molecule has 2 aliphatic rings. The number of hydrogen-bond donors (Lipinski definition) is 2. The van der Waals surface area contributed by atoms with E-state index in [0.29, 0.717) is 34.4 Å². The second-order valence-electron chi connectivity index (χ2n) is 10.4. The normalized spacial score (nSPS) is 23.4. The summed E-state index contributed by atoms with van der Waals surface area (Å²) in [6.07, 6.45) is 1.19. The van der Waals surface area contributed by atoms with Crippen LogP contribution in [-0.4, -0.2) is 57.4 Å². The van der Waals surface area contributed by atoms with E-state index in [9.17, 15) is 14.4 Å². The van der Waals surface area contributed by atoms with Gasteiger partial charge in [-0.15, -0.1) is 0 Å². The molecule has 2 N–H and O–H groups in total. The Bertz CT molecular complexity index is 1210. The van der Waals surface area contributed by atoms with Crippen LogP contribution in [0.5, 0.6) is 0 Å². The smallest absolute Gasteiger partial charge is 0.410 e. The number of nitrogens with one attached hydrogen (secondary N) is 2. The highest BCUT2D eigenvalue weighted by Crippen LogP contribution is 2.53. The molecule has 0 spiro atoms. The minimum atomic E-state index is -0.955. The van der Waals surface area contributed by atoms with Crippen molar-refractivity contribution in [2.24, 2.45) is 10.4 Å². The van der Waals surface area contributed by atoms with Crippen LogP contribution < -0.4 is 10.6 Å². The molecule has 0 bridgehead atoms. The van der Waals surface area contributed by atoms with Crippen molar-refractivity contribution in [3.63, 3.8) is 0 Å². The van der Waals surface area contributed by atoms with Crippen LogP contribution in [-0.2, 0) is 15.1 Å². The largest absolute Gasteiger partial charge is 0.444 e. The monoisotopic (exact) mass is 509 g/mol. The first-order chi connectivity index (χ1) is 16.9. The predicted molar refractivity (Wildman–Crippen MR) is 140 cm³/mol. The number of benzene rings is 1. The lowest BCUT2D eigenvalue weighted by molar-refractivity contribution is -0.114. The van der Waals surface area contributed by atoms with Crippen LogP contribution in [0.2, 0.25) is 0 Å². The Kier molecular flexibility index (Phi) is 6.83. The number of nitrogens with zero attached hydrogens (tertiary/aromatic N) is 3. The summed E-state index contributed by atoms with van der Waals surface area (Å²) in [5, 5.41) is 6.18. The molecule has 190 valence electrons. The van der Waals surface area contributed by atoms with Crippen molar-refractivity contribution in [2.45, 2.75) is 45.8 Å². The van der Waals surface area contributed by atoms with Gasteiger partial charge in [0.25, 0.3) is 5.91 Å². The van der Waals surface area contributed by atoms with Gasteiger partial charge < -0.3 is 20.3 Å². The van der Waals surface area contributed by atoms with Crippen molar-refractivity contribution in [3.8, 4) is 0 Å². The van der Waals surface area contributed by atoms with E-state index >= 15 is 0 Å². The first kappa shape index (κ1) is 25.7. The van der Waals surface area contributed by atoms with Crippen LogP contribution in [0, 0.1) is 5.41 Å². The van der Waals surface area contributed by atoms with Crippen molar-refractivity contribution >= 4 is 40.5 Å². The number of aromatic nitrogens is 1. The number of likely N-dealkylation sites (tertiary alicyclic amines) is 1. The van der Waals surface area contributed by atoms with Gasteiger partial charge in [0, 0.05) is 42.1 Å². The fourth-order valence-electron chi connectivity index (χ4n) is 4.51. The van der Waals surface area contributed by atoms with E-state index in [1.54, 1.807) is 47.5 Å². The molecule has 3 amide bonds. The van der Waals surface area contributed by atoms with E-state index in [1.807, 2.05) is 26.8 Å². The van der Waals surface area contributed by atoms with Gasteiger partial charge >= 0.3 is 6.09 Å². The Labute approximate surface area is 215 Å². The molecule has 36 heavy (non-hydrogen) atoms. The molecule has 1 aromatic carbocycles. The van der Waals surface area contributed by atoms with E-state index in [-0.39, 0.29) is 18.4 Å². The second-order valence-corrected chi connectivity index (χ2v) is 11.4. The molecule has 1 aromatic heterocycles. The molecule has 0 radical (unpaired) electrons. The van der Waals surface area contributed by atoms with Crippen LogP contribution >= 0.6 is 11.8 Å². The quantitative estimate of drug-likeness (QED) is 0.646. The third kappa shape index (κ3) is 5.23. The van der Waals surface area contributed by atoms with Crippen molar-refractivity contribution in [3.05, 3.63) is 59.9 Å². The van der Waals surface area contributed by atoms with Crippen molar-refractivity contribution < 1.29 is 19.1 Å². The lowest BCUT2D eigenvalue weighted by atomic mass is 9.72. The molecule has 0 aliphatic carbocycles. The van der Waals surface area contributed by atoms with Gasteiger partial charge in [0.05, 0.1) is 12.2 Å². The molecular formula is C26H31N5O4S. The van der Waals surface area contributed by atoms with Gasteiger partial charge in [0.15, 0.2) is 5.17 Å². The predicted octanol–water partition coefficient (Wildman–Crippen LogP) is 4.03. The number of rotatable bonds is 3. The zero-order valence-corrected chi connectivity index (χ0v) is 21.9. The van der Waals surface area contributed by atoms with Gasteiger partial charge in [-0.25, -0.2) is 9.79 Å². The number of pyridine rings is 1. The number of amides is 3. The fraction of sp³-hybridized carbons (Fsp3) is 0.423. The molecular weight excluding hydrogens is 478 g/mol. The molecule has 4 rings (SSSR count). The van der Waals surface area contributed by atoms with Crippen molar-refractivity contribution in [2.75, 3.05) is 24.2 Å². The van der Waals surface area contributed by atoms with Crippen molar-refractivity contribution in [1.29, 1.82) is 0 Å². The summed E-state index contributed by atoms with van der Waals surface area (Å²) in [5.74, 6) is 0.127. The Hall–Kier alpha value is -3.40. The van der Waals surface area contributed by atoms with Crippen LogP contribution in [0.4, 0.5) is 10.5 Å². The highest BCUT2D eigenvalue weighted by molar-refractivity contribution is 8.14. The molecule has 2 aliphatic heterocycles. The van der Waals surface area contributed by atoms with Crippen LogP contribution in [0.15, 0.2) is 53.7 Å². The van der Waals surface area contributed by atoms with Gasteiger partial charge in [-0.3, -0.25) is 14.6 Å². The molecule has 9 nitrogen and oxygen atoms in total. The average Bonchev–Trinajstić information content (AvgIpc) is 3.12. The summed E-state index contributed by atoms with van der Waals surface area (Å²) in [4.78, 5) is 49.0. The van der Waals surface area contributed by atoms with E-state index in [0.717, 1.165) is 0 Å². The Morgan fingerprint density at radius 3 is 2.47 bits per heavy atom. The molecule has 0 saturated carbocycles. The number of fused-ring (bicyclic) bond motifs is 1. The number of carbonyl (C=O) groups is 3. The SMILES string of the molecule is CC(=O)Nc1ccnc([C@]23CN(C(=O)OC(C)(C)C)C[C@@]2(C)CSC(NC(=O)c2ccccc2)=N3)c1. The molecule has 2 atom stereocenters. The number of amidine groups is 1. The first-order valence-electron chi connectivity index (χ1n) is 11.7. The highest BCUT2D eigenvalue weighted by Gasteiger charge is 2.60. The van der Waals surface area contributed by atoms with Crippen LogP contribution in [0.25, 0.3) is 0 Å². The number of aliphatic imine (C=N–C) groups is 1. The summed E-state index contributed by atoms with van der Waals surface area (Å²) in [5.41, 5.74) is -0.386. The van der Waals surface area contributed by atoms with Crippen molar-refractivity contribution in [1.82, 2.24) is 15.2 Å².